The highest BCUT2D eigenvalue weighted by molar-refractivity contribution is 7.45. The minimum Gasteiger partial charge on any atom is -0.756 e. The Kier molecular flexibility index (Phi) is 45.4. The zero-order valence-corrected chi connectivity index (χ0v) is 42.7. The van der Waals surface area contributed by atoms with Crippen LogP contribution in [0.3, 0.4) is 0 Å². The molecule has 2 atom stereocenters. The average Bonchev–Trinajstić information content (AvgIpc) is 3.24. The number of phosphoric acid groups is 1. The molecule has 368 valence electrons. The zero-order chi connectivity index (χ0) is 46.2. The molecular formula is C54H100NO7P. The smallest absolute Gasteiger partial charge is 0.306 e. The number of nitrogens with zero attached hydrogens (tertiary/aromatic N) is 1. The molecule has 0 N–H and O–H groups in total. The first-order chi connectivity index (χ1) is 30.6. The first-order valence-corrected chi connectivity index (χ1v) is 27.5. The molecule has 0 bridgehead atoms. The standard InChI is InChI=1S/C54H100NO7P/c1-6-8-10-12-14-16-18-20-22-24-26-27-28-29-30-31-33-35-37-39-41-43-45-47-54(56)62-53(52-61-63(57,58)60-50-48-55(3,4)5)51-59-49-46-44-42-40-38-36-34-32-25-23-21-19-17-15-13-11-9-7-2/h9,11,15,17,21,23-24,26,32,34,53H,6-8,10,12-14,16,18-20,22,25,27-31,33,35-52H2,1-5H3/b11-9-,17-15-,23-21-,26-24-,34-32-. The fraction of sp³-hybridized carbons (Fsp3) is 0.796. The van der Waals surface area contributed by atoms with E-state index in [2.05, 4.69) is 74.6 Å². The van der Waals surface area contributed by atoms with Gasteiger partial charge in [0.25, 0.3) is 7.82 Å². The molecule has 8 nitrogen and oxygen atoms in total. The Hall–Kier alpha value is -1.80. The molecule has 0 saturated carbocycles. The van der Waals surface area contributed by atoms with Crippen LogP contribution in [0.25, 0.3) is 0 Å². The molecule has 0 fully saturated rings. The maximum atomic E-state index is 12.8. The van der Waals surface area contributed by atoms with Gasteiger partial charge in [-0.15, -0.1) is 0 Å². The predicted molar refractivity (Wildman–Crippen MR) is 268 cm³/mol. The van der Waals surface area contributed by atoms with Crippen molar-refractivity contribution in [2.75, 3.05) is 54.1 Å². The highest BCUT2D eigenvalue weighted by Gasteiger charge is 2.20. The number of rotatable bonds is 48. The van der Waals surface area contributed by atoms with Gasteiger partial charge in [-0.3, -0.25) is 9.36 Å². The molecule has 63 heavy (non-hydrogen) atoms. The van der Waals surface area contributed by atoms with Gasteiger partial charge in [0.2, 0.25) is 0 Å². The maximum absolute atomic E-state index is 12.8. The first-order valence-electron chi connectivity index (χ1n) is 26.0. The van der Waals surface area contributed by atoms with E-state index in [1.807, 2.05) is 21.1 Å². The summed E-state index contributed by atoms with van der Waals surface area (Å²) >= 11 is 0. The third kappa shape index (κ3) is 51.1. The van der Waals surface area contributed by atoms with E-state index in [0.29, 0.717) is 24.1 Å². The van der Waals surface area contributed by atoms with E-state index in [9.17, 15) is 14.3 Å². The molecule has 0 aromatic carbocycles. The van der Waals surface area contributed by atoms with Gasteiger partial charge in [0.05, 0.1) is 34.4 Å². The Morgan fingerprint density at radius 1 is 0.508 bits per heavy atom. The molecule has 0 heterocycles. The van der Waals surface area contributed by atoms with Crippen LogP contribution in [0.1, 0.15) is 219 Å². The second-order valence-electron chi connectivity index (χ2n) is 18.5. The highest BCUT2D eigenvalue weighted by atomic mass is 31.2. The lowest BCUT2D eigenvalue weighted by atomic mass is 10.0. The van der Waals surface area contributed by atoms with Gasteiger partial charge in [0.15, 0.2) is 0 Å². The van der Waals surface area contributed by atoms with Crippen molar-refractivity contribution in [3.8, 4) is 0 Å². The summed E-state index contributed by atoms with van der Waals surface area (Å²) in [6, 6.07) is 0. The molecule has 0 aromatic rings. The SMILES string of the molecule is CC/C=C\C/C=C\C/C=C\C/C=C\CCCCCCCOCC(COP(=O)([O-])OCC[N+](C)(C)C)OC(=O)CCCCCCCCCCCCC/C=C\CCCCCCCCCC. The van der Waals surface area contributed by atoms with Crippen molar-refractivity contribution in [2.45, 2.75) is 225 Å². The summed E-state index contributed by atoms with van der Waals surface area (Å²) in [5, 5.41) is 0. The molecule has 0 aromatic heterocycles. The van der Waals surface area contributed by atoms with Crippen molar-refractivity contribution >= 4 is 13.8 Å². The third-order valence-electron chi connectivity index (χ3n) is 11.1. The van der Waals surface area contributed by atoms with Gasteiger partial charge in [-0.2, -0.15) is 0 Å². The van der Waals surface area contributed by atoms with Gasteiger partial charge >= 0.3 is 5.97 Å². The van der Waals surface area contributed by atoms with Crippen molar-refractivity contribution in [1.29, 1.82) is 0 Å². The molecule has 0 saturated heterocycles. The fourth-order valence-electron chi connectivity index (χ4n) is 7.06. The summed E-state index contributed by atoms with van der Waals surface area (Å²) in [6.45, 7) is 5.27. The van der Waals surface area contributed by atoms with Gasteiger partial charge in [-0.05, 0) is 77.0 Å². The van der Waals surface area contributed by atoms with Crippen molar-refractivity contribution in [1.82, 2.24) is 0 Å². The second-order valence-corrected chi connectivity index (χ2v) is 19.9. The van der Waals surface area contributed by atoms with E-state index in [4.69, 9.17) is 18.5 Å². The van der Waals surface area contributed by atoms with Gasteiger partial charge in [-0.25, -0.2) is 0 Å². The van der Waals surface area contributed by atoms with Crippen LogP contribution in [-0.4, -0.2) is 70.7 Å². The van der Waals surface area contributed by atoms with Crippen LogP contribution in [0.4, 0.5) is 0 Å². The number of hydrogen-bond donors (Lipinski definition) is 0. The molecule has 9 heteroatoms. The number of hydrogen-bond acceptors (Lipinski definition) is 7. The van der Waals surface area contributed by atoms with Gasteiger partial charge in [-0.1, -0.05) is 197 Å². The second kappa shape index (κ2) is 46.7. The minimum atomic E-state index is -4.54. The van der Waals surface area contributed by atoms with Gasteiger partial charge in [0, 0.05) is 13.0 Å². The lowest BCUT2D eigenvalue weighted by Gasteiger charge is -2.28. The zero-order valence-electron chi connectivity index (χ0n) is 41.8. The highest BCUT2D eigenvalue weighted by Crippen LogP contribution is 2.38. The molecule has 0 rings (SSSR count). The monoisotopic (exact) mass is 906 g/mol. The molecule has 0 radical (unpaired) electrons. The first kappa shape index (κ1) is 61.2. The Morgan fingerprint density at radius 2 is 0.921 bits per heavy atom. The number of carbonyl (C=O) groups is 1. The molecule has 0 aliphatic carbocycles. The average molecular weight is 906 g/mol. The van der Waals surface area contributed by atoms with E-state index in [1.165, 1.54) is 128 Å². The number of esters is 1. The van der Waals surface area contributed by atoms with Crippen LogP contribution in [0.15, 0.2) is 60.8 Å². The maximum Gasteiger partial charge on any atom is 0.306 e. The number of allylic oxidation sites excluding steroid dienone is 10. The predicted octanol–water partition coefficient (Wildman–Crippen LogP) is 15.4. The fourth-order valence-corrected chi connectivity index (χ4v) is 7.79. The molecule has 0 aliphatic heterocycles. The number of unbranched alkanes of at least 4 members (excludes halogenated alkanes) is 24. The number of quaternary nitrogens is 1. The summed E-state index contributed by atoms with van der Waals surface area (Å²) in [4.78, 5) is 25.2. The van der Waals surface area contributed by atoms with Crippen LogP contribution in [0.5, 0.6) is 0 Å². The summed E-state index contributed by atoms with van der Waals surface area (Å²) in [5.74, 6) is -0.342. The number of carbonyl (C=O) groups excluding carboxylic acids is 1. The van der Waals surface area contributed by atoms with Crippen molar-refractivity contribution < 1.29 is 37.3 Å². The summed E-state index contributed by atoms with van der Waals surface area (Å²) < 4.78 is 34.7. The van der Waals surface area contributed by atoms with E-state index in [-0.39, 0.29) is 25.8 Å². The summed E-state index contributed by atoms with van der Waals surface area (Å²) in [6.07, 6.45) is 59.6. The lowest BCUT2D eigenvalue weighted by molar-refractivity contribution is -0.870. The van der Waals surface area contributed by atoms with Gasteiger partial charge in [0.1, 0.15) is 19.3 Å². The van der Waals surface area contributed by atoms with Crippen LogP contribution < -0.4 is 4.89 Å². The third-order valence-corrected chi connectivity index (χ3v) is 12.0. The minimum absolute atomic E-state index is 0.0201. The molecule has 2 unspecified atom stereocenters. The van der Waals surface area contributed by atoms with E-state index in [0.717, 1.165) is 70.6 Å². The van der Waals surface area contributed by atoms with Crippen LogP contribution in [0.2, 0.25) is 0 Å². The Morgan fingerprint density at radius 3 is 1.40 bits per heavy atom. The van der Waals surface area contributed by atoms with Crippen molar-refractivity contribution in [2.24, 2.45) is 0 Å². The topological polar surface area (TPSA) is 94.1 Å². The number of ether oxygens (including phenoxy) is 2. The van der Waals surface area contributed by atoms with Crippen LogP contribution in [0, 0.1) is 0 Å². The Labute approximate surface area is 390 Å². The Balaban J connectivity index is 4.15. The van der Waals surface area contributed by atoms with Crippen LogP contribution >= 0.6 is 7.82 Å². The normalized spacial score (nSPS) is 14.1. The molecule has 0 spiro atoms. The molecule has 0 aliphatic rings. The van der Waals surface area contributed by atoms with E-state index in [1.54, 1.807) is 0 Å². The lowest BCUT2D eigenvalue weighted by Crippen LogP contribution is -2.37. The largest absolute Gasteiger partial charge is 0.756 e. The van der Waals surface area contributed by atoms with E-state index >= 15 is 0 Å². The van der Waals surface area contributed by atoms with E-state index < -0.39 is 13.9 Å². The number of likely N-dealkylation sites (N-methyl/N-ethyl adjacent to an activating group) is 1. The van der Waals surface area contributed by atoms with Crippen molar-refractivity contribution in [3.05, 3.63) is 60.8 Å². The quantitative estimate of drug-likeness (QED) is 0.0197. The summed E-state index contributed by atoms with van der Waals surface area (Å²) in [7, 11) is 1.34. The molecular weight excluding hydrogens is 806 g/mol. The van der Waals surface area contributed by atoms with Crippen molar-refractivity contribution in [3.63, 3.8) is 0 Å². The Bertz CT molecular complexity index is 1190. The molecule has 0 amide bonds. The number of phosphoric ester groups is 1. The summed E-state index contributed by atoms with van der Waals surface area (Å²) in [5.41, 5.74) is 0. The van der Waals surface area contributed by atoms with Crippen LogP contribution in [-0.2, 0) is 27.9 Å². The van der Waals surface area contributed by atoms with Gasteiger partial charge < -0.3 is 27.9 Å².